The lowest BCUT2D eigenvalue weighted by Crippen LogP contribution is -2.43. The molecule has 2 amide bonds. The largest absolute Gasteiger partial charge is 0.355 e. The van der Waals surface area contributed by atoms with Crippen molar-refractivity contribution in [3.63, 3.8) is 0 Å². The maximum absolute atomic E-state index is 12.3. The van der Waals surface area contributed by atoms with Gasteiger partial charge in [-0.15, -0.1) is 0 Å². The number of aromatic nitrogens is 2. The average molecular weight is 370 g/mol. The van der Waals surface area contributed by atoms with Gasteiger partial charge in [-0.3, -0.25) is 9.59 Å². The minimum atomic E-state index is -0.298. The molecule has 1 aromatic heterocycles. The first-order valence-corrected chi connectivity index (χ1v) is 9.26. The molecule has 0 radical (unpaired) electrons. The minimum Gasteiger partial charge on any atom is -0.355 e. The van der Waals surface area contributed by atoms with Gasteiger partial charge in [-0.1, -0.05) is 35.5 Å². The number of benzene rings is 1. The molecule has 1 saturated heterocycles. The van der Waals surface area contributed by atoms with E-state index in [1.54, 1.807) is 4.90 Å². The normalized spacial score (nSPS) is 17.4. The number of amides is 2. The number of carbonyl (C=O) groups excluding carboxylic acids is 2. The highest BCUT2D eigenvalue weighted by atomic mass is 16.5. The Morgan fingerprint density at radius 1 is 1.30 bits per heavy atom. The molecule has 0 spiro atoms. The molecule has 0 saturated carbocycles. The molecule has 0 bridgehead atoms. The van der Waals surface area contributed by atoms with Crippen LogP contribution in [0.3, 0.4) is 0 Å². The first-order valence-electron chi connectivity index (χ1n) is 9.26. The molecule has 7 heteroatoms. The summed E-state index contributed by atoms with van der Waals surface area (Å²) >= 11 is 0. The van der Waals surface area contributed by atoms with Crippen molar-refractivity contribution in [1.29, 1.82) is 0 Å². The van der Waals surface area contributed by atoms with Gasteiger partial charge in [0.15, 0.2) is 5.82 Å². The SMILES string of the molecule is CC(C)(C)N1CC(C(=O)NCCc2nc(Cc3ccccc3)no2)CC1=O. The van der Waals surface area contributed by atoms with E-state index in [1.807, 2.05) is 51.1 Å². The number of carbonyl (C=O) groups is 2. The Kier molecular flexibility index (Phi) is 5.58. The quantitative estimate of drug-likeness (QED) is 0.840. The fourth-order valence-electron chi connectivity index (χ4n) is 3.21. The Morgan fingerprint density at radius 3 is 2.70 bits per heavy atom. The third kappa shape index (κ3) is 4.93. The zero-order chi connectivity index (χ0) is 19.4. The number of hydrogen-bond acceptors (Lipinski definition) is 5. The molecule has 3 rings (SSSR count). The van der Waals surface area contributed by atoms with Gasteiger partial charge in [0.05, 0.1) is 5.92 Å². The maximum Gasteiger partial charge on any atom is 0.228 e. The standard InChI is InChI=1S/C20H26N4O3/c1-20(2,3)24-13-15(12-18(24)25)19(26)21-10-9-17-22-16(23-27-17)11-14-7-5-4-6-8-14/h4-8,15H,9-13H2,1-3H3,(H,21,26). The number of hydrogen-bond donors (Lipinski definition) is 1. The van der Waals surface area contributed by atoms with Crippen molar-refractivity contribution in [2.45, 2.75) is 45.6 Å². The molecular weight excluding hydrogens is 344 g/mol. The van der Waals surface area contributed by atoms with Crippen LogP contribution in [0.15, 0.2) is 34.9 Å². The predicted molar refractivity (Wildman–Crippen MR) is 99.8 cm³/mol. The van der Waals surface area contributed by atoms with E-state index in [0.717, 1.165) is 5.56 Å². The van der Waals surface area contributed by atoms with Gasteiger partial charge in [0, 0.05) is 37.9 Å². The van der Waals surface area contributed by atoms with E-state index in [9.17, 15) is 9.59 Å². The Labute approximate surface area is 159 Å². The second-order valence-corrected chi connectivity index (χ2v) is 7.88. The van der Waals surface area contributed by atoms with Crippen molar-refractivity contribution in [2.24, 2.45) is 5.92 Å². The summed E-state index contributed by atoms with van der Waals surface area (Å²) in [5.74, 6) is 0.766. The molecule has 1 fully saturated rings. The van der Waals surface area contributed by atoms with Crippen molar-refractivity contribution < 1.29 is 14.1 Å². The molecule has 1 aromatic carbocycles. The second kappa shape index (κ2) is 7.90. The van der Waals surface area contributed by atoms with E-state index in [-0.39, 0.29) is 29.7 Å². The highest BCUT2D eigenvalue weighted by molar-refractivity contribution is 5.89. The van der Waals surface area contributed by atoms with Gasteiger partial charge in [0.1, 0.15) is 0 Å². The zero-order valence-electron chi connectivity index (χ0n) is 16.1. The van der Waals surface area contributed by atoms with Crippen molar-refractivity contribution in [3.05, 3.63) is 47.6 Å². The number of nitrogens with one attached hydrogen (secondary N) is 1. The van der Waals surface area contributed by atoms with Gasteiger partial charge in [0.25, 0.3) is 0 Å². The molecule has 1 aliphatic heterocycles. The summed E-state index contributed by atoms with van der Waals surface area (Å²) in [5.41, 5.74) is 0.859. The lowest BCUT2D eigenvalue weighted by atomic mass is 10.1. The number of rotatable bonds is 6. The van der Waals surface area contributed by atoms with Crippen molar-refractivity contribution >= 4 is 11.8 Å². The first-order chi connectivity index (χ1) is 12.8. The van der Waals surface area contributed by atoms with E-state index in [0.29, 0.717) is 37.6 Å². The summed E-state index contributed by atoms with van der Waals surface area (Å²) in [5, 5.41) is 6.86. The Balaban J connectivity index is 1.45. The lowest BCUT2D eigenvalue weighted by molar-refractivity contribution is -0.132. The third-order valence-corrected chi connectivity index (χ3v) is 4.66. The van der Waals surface area contributed by atoms with Gasteiger partial charge < -0.3 is 14.7 Å². The minimum absolute atomic E-state index is 0.0325. The van der Waals surface area contributed by atoms with Crippen molar-refractivity contribution in [3.8, 4) is 0 Å². The van der Waals surface area contributed by atoms with Crippen LogP contribution in [-0.4, -0.2) is 45.5 Å². The van der Waals surface area contributed by atoms with Crippen LogP contribution in [0.1, 0.15) is 44.5 Å². The molecule has 2 aromatic rings. The summed E-state index contributed by atoms with van der Waals surface area (Å²) in [6.07, 6.45) is 1.35. The molecule has 1 aliphatic rings. The van der Waals surface area contributed by atoms with Crippen molar-refractivity contribution in [2.75, 3.05) is 13.1 Å². The average Bonchev–Trinajstić information content (AvgIpc) is 3.22. The highest BCUT2D eigenvalue weighted by Gasteiger charge is 2.39. The van der Waals surface area contributed by atoms with Crippen LogP contribution in [0.4, 0.5) is 0 Å². The van der Waals surface area contributed by atoms with Crippen LogP contribution in [0.2, 0.25) is 0 Å². The van der Waals surface area contributed by atoms with Crippen LogP contribution in [-0.2, 0) is 22.4 Å². The fraction of sp³-hybridized carbons (Fsp3) is 0.500. The van der Waals surface area contributed by atoms with E-state index < -0.39 is 0 Å². The van der Waals surface area contributed by atoms with Gasteiger partial charge in [-0.25, -0.2) is 0 Å². The summed E-state index contributed by atoms with van der Waals surface area (Å²) in [6, 6.07) is 9.94. The molecule has 1 unspecified atom stereocenters. The van der Waals surface area contributed by atoms with Crippen LogP contribution < -0.4 is 5.32 Å². The molecule has 7 nitrogen and oxygen atoms in total. The summed E-state index contributed by atoms with van der Waals surface area (Å²) in [6.45, 7) is 6.82. The molecule has 27 heavy (non-hydrogen) atoms. The van der Waals surface area contributed by atoms with Gasteiger partial charge in [0.2, 0.25) is 17.7 Å². The van der Waals surface area contributed by atoms with Crippen molar-refractivity contribution in [1.82, 2.24) is 20.4 Å². The molecule has 0 aliphatic carbocycles. The first kappa shape index (κ1) is 19.1. The summed E-state index contributed by atoms with van der Waals surface area (Å²) in [7, 11) is 0. The Hall–Kier alpha value is -2.70. The molecule has 2 heterocycles. The van der Waals surface area contributed by atoms with E-state index >= 15 is 0 Å². The summed E-state index contributed by atoms with van der Waals surface area (Å²) in [4.78, 5) is 30.6. The molecule has 144 valence electrons. The predicted octanol–water partition coefficient (Wildman–Crippen LogP) is 1.97. The van der Waals surface area contributed by atoms with Crippen LogP contribution in [0.5, 0.6) is 0 Å². The Morgan fingerprint density at radius 2 is 2.04 bits per heavy atom. The van der Waals surface area contributed by atoms with Crippen LogP contribution >= 0.6 is 0 Å². The molecular formula is C20H26N4O3. The van der Waals surface area contributed by atoms with Crippen LogP contribution in [0.25, 0.3) is 0 Å². The van der Waals surface area contributed by atoms with Gasteiger partial charge >= 0.3 is 0 Å². The number of nitrogens with zero attached hydrogens (tertiary/aromatic N) is 3. The van der Waals surface area contributed by atoms with Crippen LogP contribution in [0, 0.1) is 5.92 Å². The lowest BCUT2D eigenvalue weighted by Gasteiger charge is -2.31. The van der Waals surface area contributed by atoms with Gasteiger partial charge in [-0.2, -0.15) is 4.98 Å². The smallest absolute Gasteiger partial charge is 0.228 e. The van der Waals surface area contributed by atoms with Gasteiger partial charge in [-0.05, 0) is 26.3 Å². The second-order valence-electron chi connectivity index (χ2n) is 7.88. The third-order valence-electron chi connectivity index (χ3n) is 4.66. The molecule has 1 N–H and O–H groups in total. The Bertz CT molecular complexity index is 795. The zero-order valence-corrected chi connectivity index (χ0v) is 16.1. The molecule has 1 atom stereocenters. The topological polar surface area (TPSA) is 88.3 Å². The van der Waals surface area contributed by atoms with E-state index in [4.69, 9.17) is 4.52 Å². The monoisotopic (exact) mass is 370 g/mol. The van der Waals surface area contributed by atoms with E-state index in [1.165, 1.54) is 0 Å². The maximum atomic E-state index is 12.3. The summed E-state index contributed by atoms with van der Waals surface area (Å²) < 4.78 is 5.25. The highest BCUT2D eigenvalue weighted by Crippen LogP contribution is 2.25. The van der Waals surface area contributed by atoms with E-state index in [2.05, 4.69) is 15.5 Å². The fourth-order valence-corrected chi connectivity index (χ4v) is 3.21. The number of likely N-dealkylation sites (tertiary alicyclic amines) is 1.